The Bertz CT molecular complexity index is 1270. The van der Waals surface area contributed by atoms with E-state index >= 15 is 0 Å². The van der Waals surface area contributed by atoms with Crippen molar-refractivity contribution in [1.29, 1.82) is 0 Å². The molecular formula is C27H45IN8O6+2. The summed E-state index contributed by atoms with van der Waals surface area (Å²) in [7, 11) is 4.03. The molecule has 3 aromatic rings. The van der Waals surface area contributed by atoms with Crippen LogP contribution in [0.3, 0.4) is 0 Å². The Morgan fingerprint density at radius 3 is 1.71 bits per heavy atom. The maximum absolute atomic E-state index is 11.7. The quantitative estimate of drug-likeness (QED) is 0.0747. The molecule has 15 heteroatoms. The first-order valence-corrected chi connectivity index (χ1v) is 15.7. The predicted octanol–water partition coefficient (Wildman–Crippen LogP) is 0.0825. The van der Waals surface area contributed by atoms with E-state index in [2.05, 4.69) is 10.2 Å². The number of unbranched alkanes of at least 4 members (excludes halogenated alkanes) is 9. The summed E-state index contributed by atoms with van der Waals surface area (Å²) in [5.74, 6) is 0. The number of hydrogen-bond donors (Lipinski definition) is 4. The minimum atomic E-state index is -1.36. The molecule has 0 saturated carbocycles. The fourth-order valence-corrected chi connectivity index (χ4v) is 5.61. The molecule has 4 N–H and O–H groups in total. The number of nitrogens with zero attached hydrogens (tertiary/aromatic N) is 7. The topological polar surface area (TPSA) is 168 Å². The van der Waals surface area contributed by atoms with Crippen LogP contribution >= 0.6 is 22.6 Å². The average molecular weight is 705 g/mol. The largest absolute Gasteiger partial charge is 0.394 e. The van der Waals surface area contributed by atoms with Gasteiger partial charge in [0.15, 0.2) is 6.23 Å². The molecule has 1 aliphatic rings. The second-order valence-electron chi connectivity index (χ2n) is 10.7. The Kier molecular flexibility index (Phi) is 14.3. The highest BCUT2D eigenvalue weighted by molar-refractivity contribution is 14.1. The van der Waals surface area contributed by atoms with Crippen LogP contribution in [-0.2, 0) is 31.9 Å². The number of hydrogen-bond acceptors (Lipinski definition) is 8. The van der Waals surface area contributed by atoms with Crippen molar-refractivity contribution in [2.45, 2.75) is 102 Å². The van der Waals surface area contributed by atoms with Gasteiger partial charge in [0, 0.05) is 16.3 Å². The van der Waals surface area contributed by atoms with Gasteiger partial charge in [0.1, 0.15) is 31.4 Å². The molecule has 14 nitrogen and oxygen atoms in total. The second-order valence-corrected chi connectivity index (χ2v) is 11.9. The van der Waals surface area contributed by atoms with Crippen molar-refractivity contribution in [1.82, 2.24) is 29.1 Å². The molecule has 0 radical (unpaired) electrons. The minimum Gasteiger partial charge on any atom is -0.394 e. The SMILES string of the molecule is C[n+]1cnn(CCCCCCCCCCCCn2c[n+](C)cn2)c1.O=c1cc(I)n([C@@H]2O[C@H](CO)[C@@H](O)[C@H]2O)c(=O)[nH]1. The summed E-state index contributed by atoms with van der Waals surface area (Å²) in [5, 5.41) is 36.9. The van der Waals surface area contributed by atoms with Crippen molar-refractivity contribution < 1.29 is 29.2 Å². The summed E-state index contributed by atoms with van der Waals surface area (Å²) in [6, 6.07) is 1.16. The second kappa shape index (κ2) is 17.6. The van der Waals surface area contributed by atoms with Crippen LogP contribution < -0.4 is 20.4 Å². The highest BCUT2D eigenvalue weighted by Gasteiger charge is 2.44. The fraction of sp³-hybridized carbons (Fsp3) is 0.704. The monoisotopic (exact) mass is 704 g/mol. The molecule has 0 bridgehead atoms. The lowest BCUT2D eigenvalue weighted by Gasteiger charge is -2.18. The van der Waals surface area contributed by atoms with Crippen molar-refractivity contribution in [3.05, 3.63) is 55.9 Å². The zero-order valence-electron chi connectivity index (χ0n) is 24.5. The number of halogens is 1. The molecule has 0 spiro atoms. The zero-order valence-corrected chi connectivity index (χ0v) is 26.6. The number of aliphatic hydroxyl groups excluding tert-OH is 3. The third kappa shape index (κ3) is 10.7. The zero-order chi connectivity index (χ0) is 30.5. The van der Waals surface area contributed by atoms with E-state index in [-0.39, 0.29) is 3.70 Å². The van der Waals surface area contributed by atoms with Gasteiger partial charge in [-0.25, -0.2) is 13.9 Å². The number of aromatic amines is 1. The summed E-state index contributed by atoms with van der Waals surface area (Å²) >= 11 is 1.75. The van der Waals surface area contributed by atoms with E-state index in [0.29, 0.717) is 0 Å². The minimum absolute atomic E-state index is 0.260. The van der Waals surface area contributed by atoms with Gasteiger partial charge in [-0.2, -0.15) is 0 Å². The summed E-state index contributed by atoms with van der Waals surface area (Å²) in [5.41, 5.74) is -1.31. The molecule has 1 aliphatic heterocycles. The van der Waals surface area contributed by atoms with Crippen molar-refractivity contribution in [3.63, 3.8) is 0 Å². The molecule has 4 heterocycles. The van der Waals surface area contributed by atoms with Gasteiger partial charge in [-0.1, -0.05) is 51.4 Å². The van der Waals surface area contributed by atoms with Crippen molar-refractivity contribution in [3.8, 4) is 0 Å². The number of H-pyrrole nitrogens is 1. The normalized spacial score (nSPS) is 20.0. The van der Waals surface area contributed by atoms with E-state index in [9.17, 15) is 19.8 Å². The molecule has 0 aromatic carbocycles. The van der Waals surface area contributed by atoms with E-state index in [0.717, 1.165) is 23.7 Å². The number of ether oxygens (including phenoxy) is 1. The Morgan fingerprint density at radius 2 is 1.33 bits per heavy atom. The van der Waals surface area contributed by atoms with Gasteiger partial charge < -0.3 is 20.1 Å². The maximum Gasteiger partial charge on any atom is 0.331 e. The van der Waals surface area contributed by atoms with Gasteiger partial charge in [-0.05, 0) is 35.4 Å². The van der Waals surface area contributed by atoms with Crippen LogP contribution in [0.25, 0.3) is 0 Å². The number of aliphatic hydroxyl groups is 3. The summed E-state index contributed by atoms with van der Waals surface area (Å²) in [6.07, 6.45) is 16.5. The van der Waals surface area contributed by atoms with E-state index in [1.807, 2.05) is 62.9 Å². The van der Waals surface area contributed by atoms with Crippen LogP contribution in [0.4, 0.5) is 0 Å². The van der Waals surface area contributed by atoms with Gasteiger partial charge in [0.2, 0.25) is 12.7 Å². The third-order valence-electron chi connectivity index (χ3n) is 7.12. The van der Waals surface area contributed by atoms with Crippen LogP contribution in [-0.4, -0.2) is 69.4 Å². The maximum atomic E-state index is 11.7. The van der Waals surface area contributed by atoms with E-state index in [4.69, 9.17) is 9.84 Å². The first-order chi connectivity index (χ1) is 20.2. The van der Waals surface area contributed by atoms with Gasteiger partial charge in [-0.15, -0.1) is 9.36 Å². The van der Waals surface area contributed by atoms with Crippen molar-refractivity contribution in [2.24, 2.45) is 14.1 Å². The lowest BCUT2D eigenvalue weighted by atomic mass is 10.1. The number of nitrogens with one attached hydrogen (secondary N) is 1. The molecule has 4 rings (SSSR count). The standard InChI is InChI=1S/C18H34N6.C9H11IN2O6/c1-21-15-19-23(17-21)13-11-9-7-5-3-4-6-8-10-12-14-24-18-22(2)16-20-24;10-4-1-5(14)11-9(17)12(4)8-7(16)6(15)3(2-13)18-8/h15-18H,3-14H2,1-2H3;1,3,6-8,13,15-16H,2H2,(H,11,14,17)/q+2;/t;3-,6-,7-,8-/m.1/s1. The molecule has 0 amide bonds. The van der Waals surface area contributed by atoms with Gasteiger partial charge >= 0.3 is 5.69 Å². The number of rotatable bonds is 15. The summed E-state index contributed by atoms with van der Waals surface area (Å²) in [6.45, 7) is 1.62. The van der Waals surface area contributed by atoms with Gasteiger partial charge in [-0.3, -0.25) is 14.3 Å². The average Bonchev–Trinajstić information content (AvgIpc) is 3.64. The molecule has 234 valence electrons. The third-order valence-corrected chi connectivity index (χ3v) is 7.95. The molecule has 3 aromatic heterocycles. The first kappa shape index (κ1) is 34.0. The fourth-order valence-electron chi connectivity index (χ4n) is 4.83. The first-order valence-electron chi connectivity index (χ1n) is 14.6. The molecule has 42 heavy (non-hydrogen) atoms. The highest BCUT2D eigenvalue weighted by Crippen LogP contribution is 2.29. The van der Waals surface area contributed by atoms with Crippen LogP contribution in [0.1, 0.15) is 70.4 Å². The van der Waals surface area contributed by atoms with E-state index < -0.39 is 42.4 Å². The number of aryl methyl sites for hydroxylation is 4. The van der Waals surface area contributed by atoms with Gasteiger partial charge in [0.05, 0.1) is 24.4 Å². The smallest absolute Gasteiger partial charge is 0.331 e. The molecular weight excluding hydrogens is 659 g/mol. The lowest BCUT2D eigenvalue weighted by Crippen LogP contribution is -2.39. The number of aromatic nitrogens is 8. The highest BCUT2D eigenvalue weighted by atomic mass is 127. The Balaban J connectivity index is 0.000000240. The van der Waals surface area contributed by atoms with Crippen molar-refractivity contribution >= 4 is 22.6 Å². The molecule has 0 unspecified atom stereocenters. The molecule has 1 saturated heterocycles. The Labute approximate surface area is 258 Å². The van der Waals surface area contributed by atoms with Gasteiger partial charge in [0.25, 0.3) is 18.2 Å². The summed E-state index contributed by atoms with van der Waals surface area (Å²) in [4.78, 5) is 24.8. The van der Waals surface area contributed by atoms with Crippen LogP contribution in [0.5, 0.6) is 0 Å². The lowest BCUT2D eigenvalue weighted by molar-refractivity contribution is -0.672. The van der Waals surface area contributed by atoms with Crippen LogP contribution in [0.15, 0.2) is 41.0 Å². The summed E-state index contributed by atoms with van der Waals surface area (Å²) < 4.78 is 14.5. The van der Waals surface area contributed by atoms with E-state index in [1.54, 1.807) is 22.6 Å². The predicted molar refractivity (Wildman–Crippen MR) is 160 cm³/mol. The van der Waals surface area contributed by atoms with Crippen LogP contribution in [0.2, 0.25) is 0 Å². The van der Waals surface area contributed by atoms with E-state index in [1.165, 1.54) is 64.2 Å². The van der Waals surface area contributed by atoms with Crippen LogP contribution in [0, 0.1) is 3.70 Å². The molecule has 1 fully saturated rings. The Hall–Kier alpha value is -2.47. The van der Waals surface area contributed by atoms with Crippen molar-refractivity contribution in [2.75, 3.05) is 6.61 Å². The molecule has 0 aliphatic carbocycles. The molecule has 4 atom stereocenters. The Morgan fingerprint density at radius 1 is 0.857 bits per heavy atom.